The van der Waals surface area contributed by atoms with Gasteiger partial charge in [0.05, 0.1) is 25.5 Å². The molecular weight excluding hydrogens is 514 g/mol. The van der Waals surface area contributed by atoms with E-state index in [0.717, 1.165) is 47.2 Å². The molecule has 3 aromatic rings. The van der Waals surface area contributed by atoms with Gasteiger partial charge in [-0.25, -0.2) is 0 Å². The van der Waals surface area contributed by atoms with Crippen molar-refractivity contribution in [1.29, 1.82) is 0 Å². The average Bonchev–Trinajstić information content (AvgIpc) is 3.11. The minimum absolute atomic E-state index is 0.0368. The summed E-state index contributed by atoms with van der Waals surface area (Å²) in [5.74, 6) is 0.0785. The highest BCUT2D eigenvalue weighted by Crippen LogP contribution is 2.40. The molecule has 0 aliphatic heterocycles. The third-order valence-corrected chi connectivity index (χ3v) is 5.73. The van der Waals surface area contributed by atoms with E-state index in [0.29, 0.717) is 12.1 Å². The lowest BCUT2D eigenvalue weighted by molar-refractivity contribution is -0.122. The summed E-state index contributed by atoms with van der Waals surface area (Å²) in [5, 5.41) is 23.3. The Morgan fingerprint density at radius 1 is 1.14 bits per heavy atom. The molecular formula is C25H30BrN5O4. The fourth-order valence-electron chi connectivity index (χ4n) is 3.64. The van der Waals surface area contributed by atoms with Crippen molar-refractivity contribution in [2.45, 2.75) is 33.4 Å². The molecule has 1 amide bonds. The number of halogens is 1. The quantitative estimate of drug-likeness (QED) is 0.175. The van der Waals surface area contributed by atoms with Gasteiger partial charge >= 0.3 is 5.91 Å². The zero-order chi connectivity index (χ0) is 25.2. The highest BCUT2D eigenvalue weighted by Gasteiger charge is 2.19. The molecule has 35 heavy (non-hydrogen) atoms. The molecule has 0 aliphatic carbocycles. The maximum absolute atomic E-state index is 12.2. The summed E-state index contributed by atoms with van der Waals surface area (Å²) in [6.07, 6.45) is 3.50. The molecule has 0 saturated carbocycles. The van der Waals surface area contributed by atoms with E-state index in [2.05, 4.69) is 50.1 Å². The Kier molecular flexibility index (Phi) is 9.80. The van der Waals surface area contributed by atoms with E-state index in [1.54, 1.807) is 23.8 Å². The second-order valence-electron chi connectivity index (χ2n) is 7.90. The lowest BCUT2D eigenvalue weighted by Gasteiger charge is -2.22. The van der Waals surface area contributed by atoms with Crippen molar-refractivity contribution in [2.75, 3.05) is 26.8 Å². The maximum atomic E-state index is 12.2. The van der Waals surface area contributed by atoms with Crippen LogP contribution in [0.2, 0.25) is 0 Å². The number of carbonyl (C=O) groups excluding carboxylic acids is 1. The molecule has 0 atom stereocenters. The molecule has 0 bridgehead atoms. The van der Waals surface area contributed by atoms with E-state index in [1.165, 1.54) is 6.21 Å². The fraction of sp³-hybridized carbons (Fsp3) is 0.360. The Morgan fingerprint density at radius 3 is 2.51 bits per heavy atom. The van der Waals surface area contributed by atoms with Gasteiger partial charge in [0.15, 0.2) is 12.3 Å². The average molecular weight is 544 g/mol. The number of amides is 1. The summed E-state index contributed by atoms with van der Waals surface area (Å²) in [6, 6.07) is 12.9. The Labute approximate surface area is 213 Å². The van der Waals surface area contributed by atoms with Crippen LogP contribution in [0.15, 0.2) is 62.3 Å². The molecule has 1 N–H and O–H groups in total. The first-order valence-electron chi connectivity index (χ1n) is 11.4. The number of fused-ring (bicyclic) bond motifs is 1. The number of hydrogen-bond donors (Lipinski definition) is 1. The lowest BCUT2D eigenvalue weighted by atomic mass is 10.2. The summed E-state index contributed by atoms with van der Waals surface area (Å²) in [6.45, 7) is 6.21. The summed E-state index contributed by atoms with van der Waals surface area (Å²) >= 11 is 3.47. The van der Waals surface area contributed by atoms with E-state index in [9.17, 15) is 9.90 Å². The number of oxime groups is 1. The first kappa shape index (κ1) is 26.4. The SMILES string of the molecule is CCCN(CCC)Cn1c(O)c(N=NC(=O)CO/N=C/c2ccc(OC)cc2)c2cc(Br)ccc21. The molecule has 0 spiro atoms. The number of ether oxygens (including phenoxy) is 1. The van der Waals surface area contributed by atoms with E-state index in [4.69, 9.17) is 9.57 Å². The molecule has 0 fully saturated rings. The molecule has 0 radical (unpaired) electrons. The van der Waals surface area contributed by atoms with Crippen molar-refractivity contribution in [1.82, 2.24) is 9.47 Å². The third-order valence-electron chi connectivity index (χ3n) is 5.23. The van der Waals surface area contributed by atoms with Gasteiger partial charge in [-0.1, -0.05) is 34.9 Å². The first-order valence-corrected chi connectivity index (χ1v) is 12.2. The number of methoxy groups -OCH3 is 1. The van der Waals surface area contributed by atoms with Crippen molar-refractivity contribution >= 4 is 44.6 Å². The van der Waals surface area contributed by atoms with Crippen LogP contribution in [0.5, 0.6) is 11.6 Å². The second kappa shape index (κ2) is 13.0. The Hall–Kier alpha value is -3.24. The van der Waals surface area contributed by atoms with Crippen molar-refractivity contribution in [3.05, 3.63) is 52.5 Å². The van der Waals surface area contributed by atoms with E-state index >= 15 is 0 Å². The number of aromatic nitrogens is 1. The van der Waals surface area contributed by atoms with Crippen LogP contribution in [0.4, 0.5) is 5.69 Å². The minimum Gasteiger partial charge on any atom is -0.497 e. The van der Waals surface area contributed by atoms with Gasteiger partial charge in [-0.15, -0.1) is 10.2 Å². The third kappa shape index (κ3) is 7.12. The van der Waals surface area contributed by atoms with Crippen molar-refractivity contribution < 1.29 is 19.5 Å². The maximum Gasteiger partial charge on any atom is 0.304 e. The van der Waals surface area contributed by atoms with Gasteiger partial charge in [0.1, 0.15) is 5.75 Å². The van der Waals surface area contributed by atoms with Crippen LogP contribution in [-0.2, 0) is 16.3 Å². The van der Waals surface area contributed by atoms with E-state index < -0.39 is 5.91 Å². The van der Waals surface area contributed by atoms with Crippen LogP contribution in [0.3, 0.4) is 0 Å². The van der Waals surface area contributed by atoms with Crippen molar-refractivity contribution in [2.24, 2.45) is 15.4 Å². The predicted octanol–water partition coefficient (Wildman–Crippen LogP) is 5.86. The number of benzene rings is 2. The summed E-state index contributed by atoms with van der Waals surface area (Å²) < 4.78 is 7.73. The van der Waals surface area contributed by atoms with E-state index in [1.807, 2.05) is 30.3 Å². The second-order valence-corrected chi connectivity index (χ2v) is 8.81. The number of hydrogen-bond acceptors (Lipinski definition) is 7. The largest absolute Gasteiger partial charge is 0.497 e. The van der Waals surface area contributed by atoms with Crippen molar-refractivity contribution in [3.8, 4) is 11.6 Å². The zero-order valence-corrected chi connectivity index (χ0v) is 21.7. The fourth-order valence-corrected chi connectivity index (χ4v) is 4.00. The van der Waals surface area contributed by atoms with Gasteiger partial charge in [-0.2, -0.15) is 0 Å². The van der Waals surface area contributed by atoms with Crippen LogP contribution in [0, 0.1) is 0 Å². The van der Waals surface area contributed by atoms with Crippen LogP contribution in [0.1, 0.15) is 32.3 Å². The standard InChI is InChI=1S/C25H30BrN5O4/c1-4-12-30(13-5-2)17-31-22-11-8-19(26)14-21(22)24(25(31)33)29-28-23(32)16-35-27-15-18-6-9-20(34-3)10-7-18/h6-11,14-15,33H,4-5,12-13,16-17H2,1-3H3/b27-15+,29-28?. The molecule has 10 heteroatoms. The molecule has 2 aromatic carbocycles. The molecule has 0 unspecified atom stereocenters. The van der Waals surface area contributed by atoms with Crippen molar-refractivity contribution in [3.63, 3.8) is 0 Å². The lowest BCUT2D eigenvalue weighted by Crippen LogP contribution is -2.27. The Balaban J connectivity index is 1.72. The summed E-state index contributed by atoms with van der Waals surface area (Å²) in [5.41, 5.74) is 1.84. The highest BCUT2D eigenvalue weighted by atomic mass is 79.9. The van der Waals surface area contributed by atoms with Crippen LogP contribution >= 0.6 is 15.9 Å². The summed E-state index contributed by atoms with van der Waals surface area (Å²) in [4.78, 5) is 19.5. The number of nitrogens with zero attached hydrogens (tertiary/aromatic N) is 5. The smallest absolute Gasteiger partial charge is 0.304 e. The van der Waals surface area contributed by atoms with Crippen LogP contribution in [0.25, 0.3) is 10.9 Å². The monoisotopic (exact) mass is 543 g/mol. The molecule has 3 rings (SSSR count). The minimum atomic E-state index is -0.620. The first-order chi connectivity index (χ1) is 17.0. The molecule has 0 saturated heterocycles. The van der Waals surface area contributed by atoms with Gasteiger partial charge in [0.2, 0.25) is 5.88 Å². The topological polar surface area (TPSA) is 101 Å². The van der Waals surface area contributed by atoms with Gasteiger partial charge < -0.3 is 14.7 Å². The predicted molar refractivity (Wildman–Crippen MR) is 140 cm³/mol. The highest BCUT2D eigenvalue weighted by molar-refractivity contribution is 9.10. The number of aromatic hydroxyl groups is 1. The van der Waals surface area contributed by atoms with Gasteiger partial charge in [-0.05, 0) is 74.0 Å². The molecule has 1 aromatic heterocycles. The number of azo groups is 1. The van der Waals surface area contributed by atoms with Gasteiger partial charge in [0, 0.05) is 9.86 Å². The molecule has 1 heterocycles. The molecule has 0 aliphatic rings. The normalized spacial score (nSPS) is 11.8. The molecule has 9 nitrogen and oxygen atoms in total. The Bertz CT molecular complexity index is 1180. The van der Waals surface area contributed by atoms with Crippen LogP contribution < -0.4 is 4.74 Å². The number of carbonyl (C=O) groups is 1. The van der Waals surface area contributed by atoms with E-state index in [-0.39, 0.29) is 18.2 Å². The van der Waals surface area contributed by atoms with Gasteiger partial charge in [-0.3, -0.25) is 14.3 Å². The van der Waals surface area contributed by atoms with Gasteiger partial charge in [0.25, 0.3) is 0 Å². The summed E-state index contributed by atoms with van der Waals surface area (Å²) in [7, 11) is 1.59. The zero-order valence-electron chi connectivity index (χ0n) is 20.1. The molecule has 186 valence electrons. The number of rotatable bonds is 12. The van der Waals surface area contributed by atoms with Crippen LogP contribution in [-0.4, -0.2) is 53.5 Å². The Morgan fingerprint density at radius 2 is 1.86 bits per heavy atom.